The highest BCUT2D eigenvalue weighted by Crippen LogP contribution is 2.28. The summed E-state index contributed by atoms with van der Waals surface area (Å²) in [6.07, 6.45) is 0.780. The van der Waals surface area contributed by atoms with Crippen molar-refractivity contribution in [1.29, 1.82) is 0 Å². The highest BCUT2D eigenvalue weighted by molar-refractivity contribution is 5.51. The molecule has 2 rings (SSSR count). The summed E-state index contributed by atoms with van der Waals surface area (Å²) < 4.78 is 0. The molecule has 1 saturated heterocycles. The van der Waals surface area contributed by atoms with Crippen LogP contribution in [0.1, 0.15) is 13.3 Å². The summed E-state index contributed by atoms with van der Waals surface area (Å²) in [5.74, 6) is 0.272. The van der Waals surface area contributed by atoms with E-state index in [2.05, 4.69) is 4.90 Å². The molecule has 3 heteroatoms. The lowest BCUT2D eigenvalue weighted by Crippen LogP contribution is -2.29. The van der Waals surface area contributed by atoms with Crippen molar-refractivity contribution in [2.24, 2.45) is 0 Å². The number of aromatic hydroxyl groups is 1. The summed E-state index contributed by atoms with van der Waals surface area (Å²) in [5, 5.41) is 19.1. The van der Waals surface area contributed by atoms with Crippen LogP contribution in [0.4, 0.5) is 5.69 Å². The third kappa shape index (κ3) is 1.82. The Balaban J connectivity index is 2.17. The Morgan fingerprint density at radius 3 is 2.79 bits per heavy atom. The van der Waals surface area contributed by atoms with Crippen molar-refractivity contribution in [3.05, 3.63) is 24.3 Å². The van der Waals surface area contributed by atoms with Crippen molar-refractivity contribution in [2.75, 3.05) is 18.0 Å². The van der Waals surface area contributed by atoms with Gasteiger partial charge in [0.25, 0.3) is 0 Å². The highest BCUT2D eigenvalue weighted by Gasteiger charge is 2.31. The number of β-amino-alcohol motifs (C(OH)–C–C–N with tert-alkyl or cyclic N) is 1. The number of anilines is 1. The molecule has 1 aromatic carbocycles. The second-order valence-corrected chi connectivity index (χ2v) is 4.19. The first-order valence-corrected chi connectivity index (χ1v) is 4.83. The Bertz CT molecular complexity index is 336. The van der Waals surface area contributed by atoms with E-state index < -0.39 is 5.60 Å². The van der Waals surface area contributed by atoms with Gasteiger partial charge in [-0.15, -0.1) is 0 Å². The lowest BCUT2D eigenvalue weighted by molar-refractivity contribution is 0.0839. The Morgan fingerprint density at radius 1 is 1.43 bits per heavy atom. The molecule has 76 valence electrons. The zero-order chi connectivity index (χ0) is 10.2. The van der Waals surface area contributed by atoms with Crippen LogP contribution in [0.2, 0.25) is 0 Å². The van der Waals surface area contributed by atoms with Crippen LogP contribution in [-0.2, 0) is 0 Å². The lowest BCUT2D eigenvalue weighted by Gasteiger charge is -2.20. The van der Waals surface area contributed by atoms with E-state index in [1.807, 2.05) is 19.1 Å². The molecule has 0 aliphatic carbocycles. The topological polar surface area (TPSA) is 43.7 Å². The van der Waals surface area contributed by atoms with E-state index in [1.54, 1.807) is 12.1 Å². The summed E-state index contributed by atoms with van der Waals surface area (Å²) in [6, 6.07) is 7.14. The van der Waals surface area contributed by atoms with Crippen LogP contribution >= 0.6 is 0 Å². The van der Waals surface area contributed by atoms with Gasteiger partial charge in [-0.25, -0.2) is 0 Å². The number of nitrogens with zero attached hydrogens (tertiary/aromatic N) is 1. The molecule has 3 nitrogen and oxygen atoms in total. The molecule has 0 aromatic heterocycles. The van der Waals surface area contributed by atoms with Gasteiger partial charge in [-0.05, 0) is 25.5 Å². The molecule has 0 saturated carbocycles. The maximum Gasteiger partial charge on any atom is 0.117 e. The van der Waals surface area contributed by atoms with Gasteiger partial charge >= 0.3 is 0 Å². The lowest BCUT2D eigenvalue weighted by atomic mass is 10.1. The molecule has 1 unspecified atom stereocenters. The summed E-state index contributed by atoms with van der Waals surface area (Å²) >= 11 is 0. The number of hydrogen-bond donors (Lipinski definition) is 2. The second kappa shape index (κ2) is 3.17. The zero-order valence-electron chi connectivity index (χ0n) is 8.27. The van der Waals surface area contributed by atoms with E-state index in [9.17, 15) is 10.2 Å². The van der Waals surface area contributed by atoms with Crippen LogP contribution in [0.3, 0.4) is 0 Å². The number of aliphatic hydroxyl groups is 1. The highest BCUT2D eigenvalue weighted by atomic mass is 16.3. The SMILES string of the molecule is CC1(O)CCN(c2cccc(O)c2)C1. The molecule has 0 radical (unpaired) electrons. The molecule has 1 aliphatic heterocycles. The largest absolute Gasteiger partial charge is 0.508 e. The van der Waals surface area contributed by atoms with Crippen molar-refractivity contribution < 1.29 is 10.2 Å². The Labute approximate surface area is 83.6 Å². The van der Waals surface area contributed by atoms with Crippen molar-refractivity contribution in [3.63, 3.8) is 0 Å². The minimum Gasteiger partial charge on any atom is -0.508 e. The number of phenolic OH excluding ortho intramolecular Hbond substituents is 1. The maximum atomic E-state index is 9.79. The number of benzene rings is 1. The van der Waals surface area contributed by atoms with Gasteiger partial charge in [-0.3, -0.25) is 0 Å². The molecule has 14 heavy (non-hydrogen) atoms. The van der Waals surface area contributed by atoms with Gasteiger partial charge in [-0.2, -0.15) is 0 Å². The van der Waals surface area contributed by atoms with Crippen LogP contribution in [0, 0.1) is 0 Å². The van der Waals surface area contributed by atoms with Gasteiger partial charge in [0.05, 0.1) is 5.60 Å². The minimum atomic E-state index is -0.592. The summed E-state index contributed by atoms with van der Waals surface area (Å²) in [6.45, 7) is 3.32. The molecule has 1 aliphatic rings. The third-order valence-corrected chi connectivity index (χ3v) is 2.65. The van der Waals surface area contributed by atoms with Crippen LogP contribution in [0.5, 0.6) is 5.75 Å². The average Bonchev–Trinajstić information content (AvgIpc) is 2.46. The van der Waals surface area contributed by atoms with Crippen molar-refractivity contribution >= 4 is 5.69 Å². The molecular weight excluding hydrogens is 178 g/mol. The first-order chi connectivity index (χ1) is 6.57. The van der Waals surface area contributed by atoms with E-state index in [4.69, 9.17) is 0 Å². The van der Waals surface area contributed by atoms with Gasteiger partial charge in [0.15, 0.2) is 0 Å². The zero-order valence-corrected chi connectivity index (χ0v) is 8.27. The molecule has 2 N–H and O–H groups in total. The summed E-state index contributed by atoms with van der Waals surface area (Å²) in [4.78, 5) is 2.08. The van der Waals surface area contributed by atoms with Crippen molar-refractivity contribution in [2.45, 2.75) is 18.9 Å². The van der Waals surface area contributed by atoms with Gasteiger partial charge in [-0.1, -0.05) is 6.07 Å². The van der Waals surface area contributed by atoms with E-state index in [0.29, 0.717) is 6.54 Å². The predicted molar refractivity (Wildman–Crippen MR) is 55.6 cm³/mol. The second-order valence-electron chi connectivity index (χ2n) is 4.19. The van der Waals surface area contributed by atoms with Crippen LogP contribution in [0.25, 0.3) is 0 Å². The van der Waals surface area contributed by atoms with Gasteiger partial charge < -0.3 is 15.1 Å². The van der Waals surface area contributed by atoms with Crippen LogP contribution < -0.4 is 4.90 Å². The van der Waals surface area contributed by atoms with Gasteiger partial charge in [0, 0.05) is 24.8 Å². The first kappa shape index (κ1) is 9.34. The molecule has 1 aromatic rings. The molecule has 1 fully saturated rings. The smallest absolute Gasteiger partial charge is 0.117 e. The standard InChI is InChI=1S/C11H15NO2/c1-11(14)5-6-12(8-11)9-3-2-4-10(13)7-9/h2-4,7,13-14H,5-6,8H2,1H3. The molecule has 1 atom stereocenters. The fourth-order valence-electron chi connectivity index (χ4n) is 1.86. The van der Waals surface area contributed by atoms with Crippen molar-refractivity contribution in [3.8, 4) is 5.75 Å². The van der Waals surface area contributed by atoms with Crippen molar-refractivity contribution in [1.82, 2.24) is 0 Å². The van der Waals surface area contributed by atoms with Crippen LogP contribution in [-0.4, -0.2) is 28.9 Å². The molecule has 0 bridgehead atoms. The summed E-state index contributed by atoms with van der Waals surface area (Å²) in [7, 11) is 0. The van der Waals surface area contributed by atoms with E-state index >= 15 is 0 Å². The number of rotatable bonds is 1. The monoisotopic (exact) mass is 193 g/mol. The van der Waals surface area contributed by atoms with Crippen LogP contribution in [0.15, 0.2) is 24.3 Å². The summed E-state index contributed by atoms with van der Waals surface area (Å²) in [5.41, 5.74) is 0.383. The fourth-order valence-corrected chi connectivity index (χ4v) is 1.86. The first-order valence-electron chi connectivity index (χ1n) is 4.83. The van der Waals surface area contributed by atoms with Gasteiger partial charge in [0.1, 0.15) is 5.75 Å². The Kier molecular flexibility index (Phi) is 2.11. The van der Waals surface area contributed by atoms with E-state index in [0.717, 1.165) is 18.7 Å². The molecule has 1 heterocycles. The quantitative estimate of drug-likeness (QED) is 0.707. The predicted octanol–water partition coefficient (Wildman–Crippen LogP) is 1.35. The number of phenols is 1. The number of hydrogen-bond acceptors (Lipinski definition) is 3. The average molecular weight is 193 g/mol. The fraction of sp³-hybridized carbons (Fsp3) is 0.455. The molecule has 0 spiro atoms. The molecule has 0 amide bonds. The van der Waals surface area contributed by atoms with Gasteiger partial charge in [0.2, 0.25) is 0 Å². The minimum absolute atomic E-state index is 0.272. The normalized spacial score (nSPS) is 26.9. The van der Waals surface area contributed by atoms with E-state index in [-0.39, 0.29) is 5.75 Å². The Hall–Kier alpha value is -1.22. The molecular formula is C11H15NO2. The van der Waals surface area contributed by atoms with E-state index in [1.165, 1.54) is 0 Å². The Morgan fingerprint density at radius 2 is 2.21 bits per heavy atom. The third-order valence-electron chi connectivity index (χ3n) is 2.65. The maximum absolute atomic E-state index is 9.79.